The third-order valence-corrected chi connectivity index (χ3v) is 5.36. The van der Waals surface area contributed by atoms with Gasteiger partial charge in [0.1, 0.15) is 5.82 Å². The Balaban J connectivity index is 1.98. The van der Waals surface area contributed by atoms with Crippen LogP contribution in [0.5, 0.6) is 0 Å². The molecule has 30 heavy (non-hydrogen) atoms. The van der Waals surface area contributed by atoms with Gasteiger partial charge in [-0.2, -0.15) is 10.1 Å². The molecule has 0 radical (unpaired) electrons. The predicted molar refractivity (Wildman–Crippen MR) is 114 cm³/mol. The highest BCUT2D eigenvalue weighted by Crippen LogP contribution is 2.31. The summed E-state index contributed by atoms with van der Waals surface area (Å²) in [7, 11) is 1.58. The van der Waals surface area contributed by atoms with Crippen LogP contribution >= 0.6 is 0 Å². The molecule has 1 aromatic carbocycles. The lowest BCUT2D eigenvalue weighted by Crippen LogP contribution is -2.40. The summed E-state index contributed by atoms with van der Waals surface area (Å²) < 4.78 is 18.5. The Morgan fingerprint density at radius 3 is 2.63 bits per heavy atom. The Hall–Kier alpha value is -3.49. The van der Waals surface area contributed by atoms with Gasteiger partial charge in [-0.1, -0.05) is 30.4 Å². The van der Waals surface area contributed by atoms with Crippen molar-refractivity contribution in [3.05, 3.63) is 68.6 Å². The molecule has 0 saturated carbocycles. The van der Waals surface area contributed by atoms with Gasteiger partial charge in [-0.3, -0.25) is 18.5 Å². The second kappa shape index (κ2) is 7.08. The summed E-state index contributed by atoms with van der Waals surface area (Å²) in [5.74, 6) is 0.0504. The van der Waals surface area contributed by atoms with Crippen LogP contribution in [0.4, 0.5) is 10.3 Å². The van der Waals surface area contributed by atoms with E-state index in [4.69, 9.17) is 0 Å². The number of hydrogen-bond acceptors (Lipinski definition) is 5. The average molecular weight is 410 g/mol. The molecule has 9 heteroatoms. The molecule has 4 rings (SSSR count). The first-order valence-corrected chi connectivity index (χ1v) is 9.63. The van der Waals surface area contributed by atoms with Gasteiger partial charge in [-0.25, -0.2) is 14.2 Å². The van der Waals surface area contributed by atoms with E-state index in [1.807, 2.05) is 13.8 Å². The fourth-order valence-corrected chi connectivity index (χ4v) is 3.69. The molecule has 3 aromatic rings. The van der Waals surface area contributed by atoms with Gasteiger partial charge in [0.2, 0.25) is 5.95 Å². The fourth-order valence-electron chi connectivity index (χ4n) is 3.69. The predicted octanol–water partition coefficient (Wildman–Crippen LogP) is 2.57. The van der Waals surface area contributed by atoms with Crippen molar-refractivity contribution in [1.82, 2.24) is 18.7 Å². The SMILES string of the molecule is C=C(C)Cn1c(=O)c2c(nc3n2[C@@H](C)C(C)=NN3Cc2ccccc2F)n(C)c1=O. The molecular weight excluding hydrogens is 387 g/mol. The van der Waals surface area contributed by atoms with Gasteiger partial charge < -0.3 is 0 Å². The van der Waals surface area contributed by atoms with Gasteiger partial charge in [0.15, 0.2) is 11.2 Å². The second-order valence-corrected chi connectivity index (χ2v) is 7.71. The van der Waals surface area contributed by atoms with Gasteiger partial charge in [-0.05, 0) is 26.8 Å². The molecule has 0 amide bonds. The Bertz CT molecular complexity index is 1330. The van der Waals surface area contributed by atoms with E-state index in [-0.39, 0.29) is 30.6 Å². The van der Waals surface area contributed by atoms with Crippen LogP contribution in [0.2, 0.25) is 0 Å². The van der Waals surface area contributed by atoms with Crippen molar-refractivity contribution in [3.63, 3.8) is 0 Å². The Kier molecular flexibility index (Phi) is 4.68. The number of nitrogens with zero attached hydrogens (tertiary/aromatic N) is 6. The number of rotatable bonds is 4. The molecule has 0 bridgehead atoms. The van der Waals surface area contributed by atoms with Crippen molar-refractivity contribution >= 4 is 22.8 Å². The first-order chi connectivity index (χ1) is 14.2. The van der Waals surface area contributed by atoms with Crippen molar-refractivity contribution in [2.45, 2.75) is 39.9 Å². The highest BCUT2D eigenvalue weighted by atomic mass is 19.1. The molecule has 0 fully saturated rings. The van der Waals surface area contributed by atoms with Gasteiger partial charge in [0, 0.05) is 12.6 Å². The number of fused-ring (bicyclic) bond motifs is 3. The van der Waals surface area contributed by atoms with Gasteiger partial charge in [0.05, 0.1) is 24.8 Å². The van der Waals surface area contributed by atoms with Gasteiger partial charge in [-0.15, -0.1) is 0 Å². The number of allylic oxidation sites excluding steroid dienone is 1. The molecule has 1 atom stereocenters. The topological polar surface area (TPSA) is 77.4 Å². The Labute approximate surface area is 172 Å². The van der Waals surface area contributed by atoms with E-state index in [0.717, 1.165) is 10.3 Å². The number of benzene rings is 1. The molecule has 156 valence electrons. The minimum absolute atomic E-state index is 0.127. The first kappa shape index (κ1) is 19.8. The summed E-state index contributed by atoms with van der Waals surface area (Å²) >= 11 is 0. The van der Waals surface area contributed by atoms with Crippen molar-refractivity contribution in [1.29, 1.82) is 0 Å². The number of halogens is 1. The van der Waals surface area contributed by atoms with Crippen LogP contribution in [0.3, 0.4) is 0 Å². The van der Waals surface area contributed by atoms with E-state index in [1.54, 1.807) is 41.7 Å². The molecule has 0 N–H and O–H groups in total. The lowest BCUT2D eigenvalue weighted by Gasteiger charge is -2.29. The maximum Gasteiger partial charge on any atom is 0.332 e. The quantitative estimate of drug-likeness (QED) is 0.620. The van der Waals surface area contributed by atoms with Gasteiger partial charge >= 0.3 is 5.69 Å². The summed E-state index contributed by atoms with van der Waals surface area (Å²) in [5, 5.41) is 6.15. The molecule has 0 saturated heterocycles. The molecular formula is C21H23FN6O2. The standard InChI is InChI=1S/C21H23FN6O2/c1-12(2)10-26-19(29)17-18(25(5)21(26)30)23-20-27(24-13(3)14(4)28(17)20)11-15-8-6-7-9-16(15)22/h6-9,14H,1,10-11H2,2-5H3/t14-/m0/s1. The van der Waals surface area contributed by atoms with Crippen LogP contribution < -0.4 is 16.3 Å². The fraction of sp³-hybridized carbons (Fsp3) is 0.333. The molecule has 0 spiro atoms. The zero-order chi connectivity index (χ0) is 21.7. The zero-order valence-corrected chi connectivity index (χ0v) is 17.4. The highest BCUT2D eigenvalue weighted by molar-refractivity contribution is 5.91. The lowest BCUT2D eigenvalue weighted by molar-refractivity contribution is 0.591. The van der Waals surface area contributed by atoms with Crippen molar-refractivity contribution in [2.75, 3.05) is 5.01 Å². The van der Waals surface area contributed by atoms with E-state index in [2.05, 4.69) is 16.7 Å². The average Bonchev–Trinajstić information content (AvgIpc) is 3.10. The third kappa shape index (κ3) is 2.97. The number of aromatic nitrogens is 4. The normalized spacial score (nSPS) is 16.0. The monoisotopic (exact) mass is 410 g/mol. The maximum absolute atomic E-state index is 14.2. The molecule has 3 heterocycles. The van der Waals surface area contributed by atoms with Crippen LogP contribution in [-0.4, -0.2) is 24.4 Å². The molecule has 0 unspecified atom stereocenters. The van der Waals surface area contributed by atoms with E-state index >= 15 is 0 Å². The second-order valence-electron chi connectivity index (χ2n) is 7.71. The largest absolute Gasteiger partial charge is 0.332 e. The Morgan fingerprint density at radius 2 is 1.97 bits per heavy atom. The number of anilines is 1. The van der Waals surface area contributed by atoms with Gasteiger partial charge in [0.25, 0.3) is 5.56 Å². The molecule has 1 aliphatic heterocycles. The van der Waals surface area contributed by atoms with Crippen LogP contribution in [0.1, 0.15) is 32.4 Å². The highest BCUT2D eigenvalue weighted by Gasteiger charge is 2.31. The first-order valence-electron chi connectivity index (χ1n) is 9.63. The van der Waals surface area contributed by atoms with Crippen LogP contribution in [0.15, 0.2) is 51.1 Å². The van der Waals surface area contributed by atoms with E-state index in [0.29, 0.717) is 22.6 Å². The molecule has 8 nitrogen and oxygen atoms in total. The van der Waals surface area contributed by atoms with Crippen molar-refractivity contribution < 1.29 is 4.39 Å². The summed E-state index contributed by atoms with van der Waals surface area (Å²) in [6.45, 7) is 9.62. The van der Waals surface area contributed by atoms with Crippen LogP contribution in [0, 0.1) is 5.82 Å². The number of imidazole rings is 1. The smallest absolute Gasteiger partial charge is 0.294 e. The number of hydrazone groups is 1. The zero-order valence-electron chi connectivity index (χ0n) is 17.4. The van der Waals surface area contributed by atoms with Crippen molar-refractivity contribution in [3.8, 4) is 0 Å². The molecule has 0 aliphatic carbocycles. The minimum atomic E-state index is -0.461. The molecule has 1 aliphatic rings. The number of aryl methyl sites for hydroxylation is 1. The Morgan fingerprint density at radius 1 is 1.27 bits per heavy atom. The van der Waals surface area contributed by atoms with E-state index < -0.39 is 11.2 Å². The van der Waals surface area contributed by atoms with Crippen molar-refractivity contribution in [2.24, 2.45) is 12.1 Å². The number of hydrogen-bond donors (Lipinski definition) is 0. The summed E-state index contributed by atoms with van der Waals surface area (Å²) in [6, 6.07) is 6.21. The van der Waals surface area contributed by atoms with Crippen LogP contribution in [-0.2, 0) is 20.1 Å². The van der Waals surface area contributed by atoms with E-state index in [9.17, 15) is 14.0 Å². The van der Waals surface area contributed by atoms with Crippen LogP contribution in [0.25, 0.3) is 11.2 Å². The summed E-state index contributed by atoms with van der Waals surface area (Å²) in [6.07, 6.45) is 0. The maximum atomic E-state index is 14.2. The molecule has 2 aromatic heterocycles. The summed E-state index contributed by atoms with van der Waals surface area (Å²) in [4.78, 5) is 30.6. The minimum Gasteiger partial charge on any atom is -0.294 e. The lowest BCUT2D eigenvalue weighted by atomic mass is 10.2. The third-order valence-electron chi connectivity index (χ3n) is 5.36. The summed E-state index contributed by atoms with van der Waals surface area (Å²) in [5.41, 5.74) is 1.59. The van der Waals surface area contributed by atoms with E-state index in [1.165, 1.54) is 10.6 Å².